The van der Waals surface area contributed by atoms with E-state index in [0.29, 0.717) is 9.90 Å². The molecule has 92 valence electrons. The third-order valence-electron chi connectivity index (χ3n) is 3.35. The number of carbonyl (C=O) groups is 1. The second-order valence-corrected chi connectivity index (χ2v) is 5.78. The molecule has 2 nitrogen and oxygen atoms in total. The molecular weight excluding hydrogens is 266 g/mol. The number of halogens is 1. The number of carbonyl (C=O) groups excluding carboxylic acids is 1. The molecule has 0 bridgehead atoms. The van der Waals surface area contributed by atoms with E-state index in [2.05, 4.69) is 11.1 Å². The van der Waals surface area contributed by atoms with E-state index in [0.717, 1.165) is 25.0 Å². The molecule has 0 fully saturated rings. The maximum atomic E-state index is 12.5. The fourth-order valence-corrected chi connectivity index (χ4v) is 3.64. The fraction of sp³-hybridized carbons (Fsp3) is 0.286. The number of ketones is 1. The lowest BCUT2D eigenvalue weighted by atomic mass is 9.83. The second kappa shape index (κ2) is 4.82. The summed E-state index contributed by atoms with van der Waals surface area (Å²) < 4.78 is 0. The molecule has 0 saturated carbocycles. The first kappa shape index (κ1) is 11.9. The predicted molar refractivity (Wildman–Crippen MR) is 73.6 cm³/mol. The number of nitrogens with zero attached hydrogens (tertiary/aromatic N) is 1. The molecule has 3 rings (SSSR count). The SMILES string of the molecule is O=C(c1sccc1Cl)C1CCCc2cccnc21. The molecule has 0 saturated heterocycles. The Balaban J connectivity index is 2.00. The van der Waals surface area contributed by atoms with Crippen LogP contribution in [0.25, 0.3) is 0 Å². The molecular formula is C14H12ClNOS. The van der Waals surface area contributed by atoms with E-state index in [4.69, 9.17) is 11.6 Å². The van der Waals surface area contributed by atoms with E-state index in [-0.39, 0.29) is 11.7 Å². The highest BCUT2D eigenvalue weighted by molar-refractivity contribution is 7.12. The largest absolute Gasteiger partial charge is 0.292 e. The van der Waals surface area contributed by atoms with Crippen LogP contribution in [0.4, 0.5) is 0 Å². The molecule has 0 aromatic carbocycles. The monoisotopic (exact) mass is 277 g/mol. The molecule has 1 aliphatic rings. The molecule has 1 atom stereocenters. The molecule has 1 aliphatic carbocycles. The van der Waals surface area contributed by atoms with Gasteiger partial charge < -0.3 is 0 Å². The molecule has 1 unspecified atom stereocenters. The minimum Gasteiger partial charge on any atom is -0.292 e. The molecule has 0 spiro atoms. The van der Waals surface area contributed by atoms with Gasteiger partial charge in [-0.1, -0.05) is 17.7 Å². The molecule has 0 N–H and O–H groups in total. The zero-order chi connectivity index (χ0) is 12.5. The lowest BCUT2D eigenvalue weighted by molar-refractivity contribution is 0.0953. The number of thiophene rings is 1. The number of fused-ring (bicyclic) bond motifs is 1. The Morgan fingerprint density at radius 3 is 3.11 bits per heavy atom. The van der Waals surface area contributed by atoms with Crippen LogP contribution in [0.2, 0.25) is 5.02 Å². The average molecular weight is 278 g/mol. The Labute approximate surface area is 115 Å². The van der Waals surface area contributed by atoms with E-state index in [1.54, 1.807) is 12.3 Å². The number of rotatable bonds is 2. The summed E-state index contributed by atoms with van der Waals surface area (Å²) in [7, 11) is 0. The first-order valence-electron chi connectivity index (χ1n) is 5.98. The van der Waals surface area contributed by atoms with Gasteiger partial charge in [-0.05, 0) is 42.3 Å². The van der Waals surface area contributed by atoms with Crippen molar-refractivity contribution in [2.75, 3.05) is 0 Å². The molecule has 0 amide bonds. The Bertz CT molecular complexity index is 593. The van der Waals surface area contributed by atoms with Crippen LogP contribution in [0.3, 0.4) is 0 Å². The Morgan fingerprint density at radius 1 is 1.44 bits per heavy atom. The maximum Gasteiger partial charge on any atom is 0.183 e. The third kappa shape index (κ3) is 1.98. The maximum absolute atomic E-state index is 12.5. The van der Waals surface area contributed by atoms with Crippen LogP contribution < -0.4 is 0 Å². The van der Waals surface area contributed by atoms with Gasteiger partial charge in [-0.3, -0.25) is 9.78 Å². The zero-order valence-electron chi connectivity index (χ0n) is 9.73. The summed E-state index contributed by atoms with van der Waals surface area (Å²) in [4.78, 5) is 17.6. The number of hydrogen-bond acceptors (Lipinski definition) is 3. The third-order valence-corrected chi connectivity index (χ3v) is 4.71. The summed E-state index contributed by atoms with van der Waals surface area (Å²) in [6.45, 7) is 0. The topological polar surface area (TPSA) is 30.0 Å². The van der Waals surface area contributed by atoms with E-state index < -0.39 is 0 Å². The first-order chi connectivity index (χ1) is 8.77. The van der Waals surface area contributed by atoms with Gasteiger partial charge in [0, 0.05) is 6.20 Å². The second-order valence-electron chi connectivity index (χ2n) is 4.45. The fourth-order valence-electron chi connectivity index (χ4n) is 2.49. The van der Waals surface area contributed by atoms with Crippen molar-refractivity contribution in [3.8, 4) is 0 Å². The molecule has 4 heteroatoms. The van der Waals surface area contributed by atoms with Crippen molar-refractivity contribution in [1.82, 2.24) is 4.98 Å². The molecule has 2 aromatic heterocycles. The van der Waals surface area contributed by atoms with Gasteiger partial charge in [-0.15, -0.1) is 11.3 Å². The Morgan fingerprint density at radius 2 is 2.33 bits per heavy atom. The van der Waals surface area contributed by atoms with Crippen molar-refractivity contribution in [3.05, 3.63) is 50.9 Å². The van der Waals surface area contributed by atoms with Gasteiger partial charge in [0.1, 0.15) is 0 Å². The predicted octanol–water partition coefficient (Wildman–Crippen LogP) is 4.10. The average Bonchev–Trinajstić information content (AvgIpc) is 2.83. The van der Waals surface area contributed by atoms with Gasteiger partial charge in [0.05, 0.1) is 21.5 Å². The zero-order valence-corrected chi connectivity index (χ0v) is 11.3. The summed E-state index contributed by atoms with van der Waals surface area (Å²) in [5, 5.41) is 2.42. The summed E-state index contributed by atoms with van der Waals surface area (Å²) in [5.74, 6) is 0.000694. The number of hydrogen-bond donors (Lipinski definition) is 0. The molecule has 18 heavy (non-hydrogen) atoms. The van der Waals surface area contributed by atoms with E-state index in [9.17, 15) is 4.79 Å². The Hall–Kier alpha value is -1.19. The quantitative estimate of drug-likeness (QED) is 0.774. The number of aromatic nitrogens is 1. The van der Waals surface area contributed by atoms with Gasteiger partial charge in [-0.2, -0.15) is 0 Å². The van der Waals surface area contributed by atoms with Crippen LogP contribution in [0.5, 0.6) is 0 Å². The minimum atomic E-state index is -0.119. The van der Waals surface area contributed by atoms with Gasteiger partial charge >= 0.3 is 0 Å². The van der Waals surface area contributed by atoms with E-state index in [1.165, 1.54) is 16.9 Å². The lowest BCUT2D eigenvalue weighted by Crippen LogP contribution is -2.19. The van der Waals surface area contributed by atoms with Gasteiger partial charge in [-0.25, -0.2) is 0 Å². The molecule has 0 aliphatic heterocycles. The highest BCUT2D eigenvalue weighted by atomic mass is 35.5. The normalized spacial score (nSPS) is 18.4. The van der Waals surface area contributed by atoms with Crippen molar-refractivity contribution in [3.63, 3.8) is 0 Å². The number of aryl methyl sites for hydroxylation is 1. The van der Waals surface area contributed by atoms with Crippen LogP contribution in [0.15, 0.2) is 29.8 Å². The summed E-state index contributed by atoms with van der Waals surface area (Å²) in [6, 6.07) is 5.78. The highest BCUT2D eigenvalue weighted by Crippen LogP contribution is 2.35. The first-order valence-corrected chi connectivity index (χ1v) is 7.24. The minimum absolute atomic E-state index is 0.119. The summed E-state index contributed by atoms with van der Waals surface area (Å²) in [5.41, 5.74) is 2.15. The van der Waals surface area contributed by atoms with Gasteiger partial charge in [0.2, 0.25) is 0 Å². The number of Topliss-reactive ketones (excluding diaryl/α,β-unsaturated/α-hetero) is 1. The van der Waals surface area contributed by atoms with E-state index in [1.807, 2.05) is 11.4 Å². The molecule has 2 heterocycles. The van der Waals surface area contributed by atoms with Gasteiger partial charge in [0.25, 0.3) is 0 Å². The number of pyridine rings is 1. The highest BCUT2D eigenvalue weighted by Gasteiger charge is 2.30. The summed E-state index contributed by atoms with van der Waals surface area (Å²) in [6.07, 6.45) is 4.70. The lowest BCUT2D eigenvalue weighted by Gasteiger charge is -2.22. The van der Waals surface area contributed by atoms with Crippen molar-refractivity contribution >= 4 is 28.7 Å². The van der Waals surface area contributed by atoms with Crippen LogP contribution in [0, 0.1) is 0 Å². The van der Waals surface area contributed by atoms with E-state index >= 15 is 0 Å². The van der Waals surface area contributed by atoms with Crippen LogP contribution >= 0.6 is 22.9 Å². The van der Waals surface area contributed by atoms with Crippen molar-refractivity contribution < 1.29 is 4.79 Å². The van der Waals surface area contributed by atoms with Crippen LogP contribution in [-0.4, -0.2) is 10.8 Å². The standard InChI is InChI=1S/C14H12ClNOS/c15-11-6-8-18-14(11)13(17)10-5-1-3-9-4-2-7-16-12(9)10/h2,4,6-8,10H,1,3,5H2. The van der Waals surface area contributed by atoms with Crippen LogP contribution in [-0.2, 0) is 6.42 Å². The van der Waals surface area contributed by atoms with Crippen LogP contribution in [0.1, 0.15) is 39.7 Å². The van der Waals surface area contributed by atoms with Gasteiger partial charge in [0.15, 0.2) is 5.78 Å². The van der Waals surface area contributed by atoms with Crippen molar-refractivity contribution in [2.45, 2.75) is 25.2 Å². The molecule has 2 aromatic rings. The molecule has 0 radical (unpaired) electrons. The smallest absolute Gasteiger partial charge is 0.183 e. The Kier molecular flexibility index (Phi) is 3.18. The summed E-state index contributed by atoms with van der Waals surface area (Å²) >= 11 is 7.47. The van der Waals surface area contributed by atoms with Crippen molar-refractivity contribution in [1.29, 1.82) is 0 Å². The van der Waals surface area contributed by atoms with Crippen molar-refractivity contribution in [2.24, 2.45) is 0 Å².